The fourth-order valence-corrected chi connectivity index (χ4v) is 1.71. The van der Waals surface area contributed by atoms with E-state index in [0.29, 0.717) is 5.69 Å². The Labute approximate surface area is 82.8 Å². The first-order valence-electron chi connectivity index (χ1n) is 4.04. The van der Waals surface area contributed by atoms with E-state index < -0.39 is 9.84 Å². The Morgan fingerprint density at radius 1 is 1.50 bits per heavy atom. The Hall–Kier alpha value is -1.30. The first kappa shape index (κ1) is 10.8. The zero-order valence-corrected chi connectivity index (χ0v) is 8.84. The van der Waals surface area contributed by atoms with Gasteiger partial charge in [-0.25, -0.2) is 8.42 Å². The Morgan fingerprint density at radius 2 is 2.14 bits per heavy atom. The van der Waals surface area contributed by atoms with E-state index in [9.17, 15) is 8.42 Å². The molecule has 0 aromatic carbocycles. The molecule has 0 unspecified atom stereocenters. The highest BCUT2D eigenvalue weighted by Gasteiger charge is 2.15. The molecule has 78 valence electrons. The number of hydrogen-bond acceptors (Lipinski definition) is 5. The van der Waals surface area contributed by atoms with E-state index in [1.54, 1.807) is 6.92 Å². The van der Waals surface area contributed by atoms with Gasteiger partial charge in [0.05, 0.1) is 18.6 Å². The number of sulfone groups is 1. The van der Waals surface area contributed by atoms with Gasteiger partial charge in [0.15, 0.2) is 14.9 Å². The Balaban J connectivity index is 3.26. The maximum Gasteiger partial charge on any atom is 0.238 e. The van der Waals surface area contributed by atoms with Crippen LogP contribution in [0.3, 0.4) is 0 Å². The number of ether oxygens (including phenoxy) is 1. The first-order valence-corrected chi connectivity index (χ1v) is 5.69. The highest BCUT2D eigenvalue weighted by molar-refractivity contribution is 7.91. The fourth-order valence-electron chi connectivity index (χ4n) is 0.919. The van der Waals surface area contributed by atoms with Crippen LogP contribution in [0.1, 0.15) is 6.92 Å². The van der Waals surface area contributed by atoms with Gasteiger partial charge in [-0.1, -0.05) is 6.92 Å². The van der Waals surface area contributed by atoms with Gasteiger partial charge in [-0.2, -0.15) is 4.98 Å². The minimum absolute atomic E-state index is 0.00702. The van der Waals surface area contributed by atoms with Crippen molar-refractivity contribution >= 4 is 15.5 Å². The van der Waals surface area contributed by atoms with Crippen LogP contribution in [0.5, 0.6) is 5.88 Å². The number of aromatic nitrogens is 1. The molecule has 2 N–H and O–H groups in total. The first-order chi connectivity index (χ1) is 6.51. The van der Waals surface area contributed by atoms with Crippen molar-refractivity contribution in [3.63, 3.8) is 0 Å². The van der Waals surface area contributed by atoms with Crippen molar-refractivity contribution in [1.29, 1.82) is 0 Å². The zero-order valence-electron chi connectivity index (χ0n) is 8.02. The quantitative estimate of drug-likeness (QED) is 0.794. The fraction of sp³-hybridized carbons (Fsp3) is 0.375. The second kappa shape index (κ2) is 3.83. The lowest BCUT2D eigenvalue weighted by atomic mass is 10.4. The van der Waals surface area contributed by atoms with E-state index in [1.807, 2.05) is 0 Å². The minimum atomic E-state index is -3.29. The molecular formula is C8H12N2O3S. The predicted octanol–water partition coefficient (Wildman–Crippen LogP) is 0.466. The Morgan fingerprint density at radius 3 is 2.64 bits per heavy atom. The molecule has 6 heteroatoms. The molecule has 1 heterocycles. The topological polar surface area (TPSA) is 82.3 Å². The summed E-state index contributed by atoms with van der Waals surface area (Å²) in [4.78, 5) is 3.80. The number of pyridine rings is 1. The van der Waals surface area contributed by atoms with Crippen molar-refractivity contribution in [2.75, 3.05) is 18.6 Å². The number of nitrogens with two attached hydrogens (primary N) is 1. The second-order valence-electron chi connectivity index (χ2n) is 2.65. The van der Waals surface area contributed by atoms with E-state index >= 15 is 0 Å². The lowest BCUT2D eigenvalue weighted by molar-refractivity contribution is 0.396. The summed E-state index contributed by atoms with van der Waals surface area (Å²) in [5, 5.41) is -0.00829. The van der Waals surface area contributed by atoms with Gasteiger partial charge in [0.25, 0.3) is 0 Å². The number of nitrogens with zero attached hydrogens (tertiary/aromatic N) is 1. The summed E-state index contributed by atoms with van der Waals surface area (Å²) in [5.41, 5.74) is 5.82. The van der Waals surface area contributed by atoms with Crippen molar-refractivity contribution in [3.8, 4) is 5.88 Å². The number of anilines is 1. The van der Waals surface area contributed by atoms with Gasteiger partial charge in [-0.15, -0.1) is 0 Å². The summed E-state index contributed by atoms with van der Waals surface area (Å²) in [6.45, 7) is 1.56. The molecule has 1 rings (SSSR count). The van der Waals surface area contributed by atoms with Gasteiger partial charge in [0, 0.05) is 0 Å². The summed E-state index contributed by atoms with van der Waals surface area (Å²) < 4.78 is 27.7. The lowest BCUT2D eigenvalue weighted by Gasteiger charge is -2.05. The zero-order chi connectivity index (χ0) is 10.8. The van der Waals surface area contributed by atoms with Crippen LogP contribution in [0.15, 0.2) is 17.2 Å². The van der Waals surface area contributed by atoms with Crippen LogP contribution < -0.4 is 10.5 Å². The molecule has 1 aromatic rings. The van der Waals surface area contributed by atoms with Crippen LogP contribution in [-0.4, -0.2) is 26.3 Å². The molecule has 0 atom stereocenters. The predicted molar refractivity (Wildman–Crippen MR) is 52.9 cm³/mol. The van der Waals surface area contributed by atoms with Gasteiger partial charge in [0.1, 0.15) is 0 Å². The summed E-state index contributed by atoms with van der Waals surface area (Å²) in [7, 11) is -1.90. The average Bonchev–Trinajstić information content (AvgIpc) is 2.18. The van der Waals surface area contributed by atoms with E-state index in [-0.39, 0.29) is 16.7 Å². The maximum absolute atomic E-state index is 11.4. The van der Waals surface area contributed by atoms with Crippen molar-refractivity contribution in [2.45, 2.75) is 11.9 Å². The van der Waals surface area contributed by atoms with Crippen molar-refractivity contribution in [2.24, 2.45) is 0 Å². The molecule has 0 bridgehead atoms. The second-order valence-corrected chi connectivity index (χ2v) is 4.88. The van der Waals surface area contributed by atoms with Crippen LogP contribution in [0, 0.1) is 0 Å². The van der Waals surface area contributed by atoms with Gasteiger partial charge in [-0.3, -0.25) is 0 Å². The number of rotatable bonds is 3. The monoisotopic (exact) mass is 216 g/mol. The van der Waals surface area contributed by atoms with Gasteiger partial charge < -0.3 is 10.5 Å². The molecule has 14 heavy (non-hydrogen) atoms. The molecule has 0 radical (unpaired) electrons. The van der Waals surface area contributed by atoms with E-state index in [0.717, 1.165) is 0 Å². The SMILES string of the molecule is CCS(=O)(=O)c1ccc(N)c(OC)n1. The molecule has 0 aliphatic heterocycles. The third-order valence-electron chi connectivity index (χ3n) is 1.76. The third-order valence-corrected chi connectivity index (χ3v) is 3.38. The third kappa shape index (κ3) is 1.95. The van der Waals surface area contributed by atoms with Crippen LogP contribution in [0.2, 0.25) is 0 Å². The minimum Gasteiger partial charge on any atom is -0.479 e. The maximum atomic E-state index is 11.4. The summed E-state index contributed by atoms with van der Waals surface area (Å²) in [6.07, 6.45) is 0. The average molecular weight is 216 g/mol. The van der Waals surface area contributed by atoms with Crippen LogP contribution >= 0.6 is 0 Å². The van der Waals surface area contributed by atoms with Crippen molar-refractivity contribution in [3.05, 3.63) is 12.1 Å². The Bertz CT molecular complexity index is 428. The smallest absolute Gasteiger partial charge is 0.238 e. The lowest BCUT2D eigenvalue weighted by Crippen LogP contribution is -2.07. The summed E-state index contributed by atoms with van der Waals surface area (Å²) in [6, 6.07) is 2.84. The molecule has 0 aliphatic carbocycles. The van der Waals surface area contributed by atoms with Gasteiger partial charge in [0.2, 0.25) is 5.88 Å². The molecular weight excluding hydrogens is 204 g/mol. The van der Waals surface area contributed by atoms with Crippen LogP contribution in [-0.2, 0) is 9.84 Å². The normalized spacial score (nSPS) is 11.3. The highest BCUT2D eigenvalue weighted by Crippen LogP contribution is 2.20. The molecule has 5 nitrogen and oxygen atoms in total. The van der Waals surface area contributed by atoms with Crippen molar-refractivity contribution < 1.29 is 13.2 Å². The van der Waals surface area contributed by atoms with E-state index in [1.165, 1.54) is 19.2 Å². The Kier molecular flexibility index (Phi) is 2.95. The molecule has 0 saturated heterocycles. The molecule has 0 fully saturated rings. The standard InChI is InChI=1S/C8H12N2O3S/c1-3-14(11,12)7-5-4-6(9)8(10-7)13-2/h4-5H,3,9H2,1-2H3. The van der Waals surface area contributed by atoms with Crippen molar-refractivity contribution in [1.82, 2.24) is 4.98 Å². The number of hydrogen-bond donors (Lipinski definition) is 1. The largest absolute Gasteiger partial charge is 0.479 e. The summed E-state index contributed by atoms with van der Waals surface area (Å²) >= 11 is 0. The molecule has 0 amide bonds. The van der Waals surface area contributed by atoms with E-state index in [4.69, 9.17) is 10.5 Å². The summed E-state index contributed by atoms with van der Waals surface area (Å²) in [5.74, 6) is 0.145. The van der Waals surface area contributed by atoms with Crippen LogP contribution in [0.4, 0.5) is 5.69 Å². The van der Waals surface area contributed by atoms with Gasteiger partial charge in [-0.05, 0) is 12.1 Å². The number of nitrogen functional groups attached to an aromatic ring is 1. The molecule has 0 saturated carbocycles. The molecule has 0 spiro atoms. The molecule has 1 aromatic heterocycles. The highest BCUT2D eigenvalue weighted by atomic mass is 32.2. The molecule has 0 aliphatic rings. The number of methoxy groups -OCH3 is 1. The van der Waals surface area contributed by atoms with Crippen LogP contribution in [0.25, 0.3) is 0 Å². The van der Waals surface area contributed by atoms with Gasteiger partial charge >= 0.3 is 0 Å². The van der Waals surface area contributed by atoms with E-state index in [2.05, 4.69) is 4.98 Å².